The van der Waals surface area contributed by atoms with E-state index in [4.69, 9.17) is 13.9 Å². The van der Waals surface area contributed by atoms with Crippen molar-refractivity contribution in [2.45, 2.75) is 64.2 Å². The molecule has 0 radical (unpaired) electrons. The lowest BCUT2D eigenvalue weighted by molar-refractivity contribution is -0.162. The number of aryl methyl sites for hydroxylation is 1. The zero-order valence-corrected chi connectivity index (χ0v) is 21.8. The number of aliphatic hydroxyl groups is 1. The Morgan fingerprint density at radius 2 is 1.89 bits per heavy atom. The second-order valence-corrected chi connectivity index (χ2v) is 9.50. The second kappa shape index (κ2) is 9.83. The van der Waals surface area contributed by atoms with Crippen LogP contribution in [0, 0.1) is 18.6 Å². The van der Waals surface area contributed by atoms with Crippen LogP contribution in [0.1, 0.15) is 51.2 Å². The van der Waals surface area contributed by atoms with Crippen LogP contribution in [0.4, 0.5) is 8.78 Å². The molecule has 1 N–H and O–H groups in total. The molecule has 1 unspecified atom stereocenters. The van der Waals surface area contributed by atoms with Crippen molar-refractivity contribution >= 4 is 0 Å². The van der Waals surface area contributed by atoms with Gasteiger partial charge in [0.1, 0.15) is 17.1 Å². The molecule has 2 aromatic carbocycles. The molecule has 0 saturated carbocycles. The van der Waals surface area contributed by atoms with Crippen molar-refractivity contribution in [2.24, 2.45) is 0 Å². The predicted octanol–water partition coefficient (Wildman–Crippen LogP) is 5.81. The molecule has 38 heavy (non-hydrogen) atoms. The van der Waals surface area contributed by atoms with Gasteiger partial charge in [-0.2, -0.15) is 0 Å². The molecular weight excluding hydrogens is 494 g/mol. The van der Waals surface area contributed by atoms with Crippen molar-refractivity contribution in [1.82, 2.24) is 19.7 Å². The Balaban J connectivity index is 1.62. The Morgan fingerprint density at radius 1 is 1.11 bits per heavy atom. The van der Waals surface area contributed by atoms with E-state index in [2.05, 4.69) is 15.2 Å². The van der Waals surface area contributed by atoms with Crippen molar-refractivity contribution in [1.29, 1.82) is 0 Å². The van der Waals surface area contributed by atoms with Gasteiger partial charge in [-0.3, -0.25) is 0 Å². The Hall–Kier alpha value is -3.79. The fourth-order valence-corrected chi connectivity index (χ4v) is 5.34. The van der Waals surface area contributed by atoms with Crippen LogP contribution >= 0.6 is 0 Å². The molecule has 2 aromatic heterocycles. The topological polar surface area (TPSA) is 95.4 Å². The molecule has 0 bridgehead atoms. The lowest BCUT2D eigenvalue weighted by Gasteiger charge is -2.47. The first-order valence-electron chi connectivity index (χ1n) is 12.7. The summed E-state index contributed by atoms with van der Waals surface area (Å²) in [5.41, 5.74) is -1.17. The molecule has 3 heterocycles. The number of benzene rings is 2. The summed E-state index contributed by atoms with van der Waals surface area (Å²) >= 11 is 0. The molecule has 0 spiro atoms. The van der Waals surface area contributed by atoms with Crippen molar-refractivity contribution < 1.29 is 27.8 Å². The lowest BCUT2D eigenvalue weighted by atomic mass is 9.73. The van der Waals surface area contributed by atoms with E-state index in [-0.39, 0.29) is 5.75 Å². The largest absolute Gasteiger partial charge is 0.496 e. The van der Waals surface area contributed by atoms with Crippen molar-refractivity contribution in [2.75, 3.05) is 7.11 Å². The summed E-state index contributed by atoms with van der Waals surface area (Å²) in [5, 5.41) is 20.9. The van der Waals surface area contributed by atoms with E-state index in [1.54, 1.807) is 20.2 Å². The summed E-state index contributed by atoms with van der Waals surface area (Å²) < 4.78 is 47.4. The molecular formula is C28H30F2N4O4. The number of nitrogens with zero attached hydrogens (tertiary/aromatic N) is 4. The van der Waals surface area contributed by atoms with E-state index in [0.717, 1.165) is 23.3 Å². The van der Waals surface area contributed by atoms with E-state index in [0.29, 0.717) is 61.3 Å². The molecule has 1 aliphatic heterocycles. The van der Waals surface area contributed by atoms with E-state index < -0.39 is 22.8 Å². The standard InChI is InChI=1S/C28H30F2N4O4/c1-5-27(35,6-2)28(38-19-9-11-21(29)22(30)15-19)12-7-13-34-25(32-33-26(28)34)18-8-10-20(23(14-18)36-4)24-16-31-17(3)37-24/h8-11,14-16,35H,5-7,12-13H2,1-4H3. The van der Waals surface area contributed by atoms with Gasteiger partial charge in [-0.05, 0) is 49.9 Å². The SMILES string of the molecule is CCC(O)(CC)C1(Oc2ccc(F)c(F)c2)CCCn2c(-c3ccc(-c4cnc(C)o4)c(OC)c3)nnc21. The number of aromatic nitrogens is 4. The Labute approximate surface area is 219 Å². The Morgan fingerprint density at radius 3 is 2.55 bits per heavy atom. The average molecular weight is 525 g/mol. The van der Waals surface area contributed by atoms with Crippen LogP contribution in [0.2, 0.25) is 0 Å². The first kappa shape index (κ1) is 25.8. The average Bonchev–Trinajstić information content (AvgIpc) is 3.57. The fraction of sp³-hybridized carbons (Fsp3) is 0.393. The summed E-state index contributed by atoms with van der Waals surface area (Å²) in [5.74, 6) is 0.833. The van der Waals surface area contributed by atoms with Crippen LogP contribution < -0.4 is 9.47 Å². The minimum atomic E-state index is -1.34. The Kier molecular flexibility index (Phi) is 6.68. The predicted molar refractivity (Wildman–Crippen MR) is 136 cm³/mol. The lowest BCUT2D eigenvalue weighted by Crippen LogP contribution is -2.58. The van der Waals surface area contributed by atoms with Crippen LogP contribution in [-0.2, 0) is 12.1 Å². The fourth-order valence-electron chi connectivity index (χ4n) is 5.34. The van der Waals surface area contributed by atoms with Gasteiger partial charge in [-0.1, -0.05) is 19.9 Å². The number of halogens is 2. The minimum Gasteiger partial charge on any atom is -0.496 e. The first-order valence-corrected chi connectivity index (χ1v) is 12.7. The van der Waals surface area contributed by atoms with E-state index in [1.165, 1.54) is 6.07 Å². The normalized spacial score (nSPS) is 17.3. The van der Waals surface area contributed by atoms with Gasteiger partial charge in [0.05, 0.1) is 18.9 Å². The molecule has 0 saturated heterocycles. The first-order chi connectivity index (χ1) is 18.2. The second-order valence-electron chi connectivity index (χ2n) is 9.50. The van der Waals surface area contributed by atoms with Crippen LogP contribution in [0.3, 0.4) is 0 Å². The van der Waals surface area contributed by atoms with Crippen molar-refractivity contribution in [3.05, 3.63) is 65.9 Å². The third-order valence-electron chi connectivity index (χ3n) is 7.47. The maximum absolute atomic E-state index is 14.1. The van der Waals surface area contributed by atoms with Gasteiger partial charge in [0.2, 0.25) is 0 Å². The summed E-state index contributed by atoms with van der Waals surface area (Å²) in [4.78, 5) is 4.17. The molecule has 1 aliphatic rings. The third kappa shape index (κ3) is 4.13. The Bertz CT molecular complexity index is 1460. The zero-order chi connectivity index (χ0) is 27.1. The minimum absolute atomic E-state index is 0.107. The summed E-state index contributed by atoms with van der Waals surface area (Å²) in [6, 6.07) is 8.98. The highest BCUT2D eigenvalue weighted by atomic mass is 19.2. The van der Waals surface area contributed by atoms with Gasteiger partial charge in [-0.25, -0.2) is 13.8 Å². The smallest absolute Gasteiger partial charge is 0.196 e. The summed E-state index contributed by atoms with van der Waals surface area (Å²) in [7, 11) is 1.58. The molecule has 0 fully saturated rings. The third-order valence-corrected chi connectivity index (χ3v) is 7.47. The maximum atomic E-state index is 14.1. The van der Waals surface area contributed by atoms with Gasteiger partial charge in [0.15, 0.2) is 40.5 Å². The zero-order valence-electron chi connectivity index (χ0n) is 21.8. The molecule has 8 nitrogen and oxygen atoms in total. The molecule has 5 rings (SSSR count). The van der Waals surface area contributed by atoms with Gasteiger partial charge in [0, 0.05) is 25.1 Å². The number of methoxy groups -OCH3 is 1. The molecule has 1 atom stereocenters. The summed E-state index contributed by atoms with van der Waals surface area (Å²) in [6.07, 6.45) is 3.43. The van der Waals surface area contributed by atoms with E-state index in [1.807, 2.05) is 36.6 Å². The molecule has 0 amide bonds. The van der Waals surface area contributed by atoms with E-state index in [9.17, 15) is 13.9 Å². The number of ether oxygens (including phenoxy) is 2. The highest BCUT2D eigenvalue weighted by molar-refractivity contribution is 5.71. The van der Waals surface area contributed by atoms with Crippen LogP contribution in [0.15, 0.2) is 47.0 Å². The summed E-state index contributed by atoms with van der Waals surface area (Å²) in [6.45, 7) is 6.10. The molecule has 4 aromatic rings. The number of oxazole rings is 1. The van der Waals surface area contributed by atoms with E-state index >= 15 is 0 Å². The number of hydrogen-bond donors (Lipinski definition) is 1. The van der Waals surface area contributed by atoms with Crippen molar-refractivity contribution in [3.63, 3.8) is 0 Å². The van der Waals surface area contributed by atoms with Gasteiger partial charge in [-0.15, -0.1) is 10.2 Å². The van der Waals surface area contributed by atoms with Gasteiger partial charge >= 0.3 is 0 Å². The molecule has 200 valence electrons. The number of rotatable bonds is 8. The highest BCUT2D eigenvalue weighted by Gasteiger charge is 2.56. The molecule has 0 aliphatic carbocycles. The van der Waals surface area contributed by atoms with Gasteiger partial charge in [0.25, 0.3) is 0 Å². The number of fused-ring (bicyclic) bond motifs is 1. The van der Waals surface area contributed by atoms with Gasteiger partial charge < -0.3 is 23.6 Å². The van der Waals surface area contributed by atoms with Crippen molar-refractivity contribution in [3.8, 4) is 34.2 Å². The number of hydrogen-bond acceptors (Lipinski definition) is 7. The van der Waals surface area contributed by atoms with Crippen LogP contribution in [0.5, 0.6) is 11.5 Å². The van der Waals surface area contributed by atoms with Crippen LogP contribution in [0.25, 0.3) is 22.7 Å². The van der Waals surface area contributed by atoms with Crippen LogP contribution in [-0.4, -0.2) is 37.6 Å². The maximum Gasteiger partial charge on any atom is 0.196 e. The highest BCUT2D eigenvalue weighted by Crippen LogP contribution is 2.48. The molecule has 10 heteroatoms. The quantitative estimate of drug-likeness (QED) is 0.311. The monoisotopic (exact) mass is 524 g/mol.